The van der Waals surface area contributed by atoms with Crippen LogP contribution in [0.3, 0.4) is 0 Å². The van der Waals surface area contributed by atoms with E-state index in [-0.39, 0.29) is 26.1 Å². The van der Waals surface area contributed by atoms with Gasteiger partial charge in [-0.05, 0) is 6.42 Å². The summed E-state index contributed by atoms with van der Waals surface area (Å²) < 4.78 is 0. The molecule has 9 heteroatoms. The molecule has 0 rings (SSSR count). The highest BCUT2D eigenvalue weighted by molar-refractivity contribution is 5.75. The van der Waals surface area contributed by atoms with Crippen LogP contribution in [0, 0.1) is 0 Å². The van der Waals surface area contributed by atoms with Crippen molar-refractivity contribution in [2.45, 2.75) is 38.7 Å². The zero-order valence-corrected chi connectivity index (χ0v) is 11.2. The van der Waals surface area contributed by atoms with Gasteiger partial charge in [-0.25, -0.2) is 0 Å². The van der Waals surface area contributed by atoms with Gasteiger partial charge in [-0.2, -0.15) is 0 Å². The van der Waals surface area contributed by atoms with Crippen LogP contribution in [-0.2, 0) is 14.4 Å². The summed E-state index contributed by atoms with van der Waals surface area (Å²) in [4.78, 5) is 28.9. The predicted molar refractivity (Wildman–Crippen MR) is 67.2 cm³/mol. The minimum Gasteiger partial charge on any atom is -0.481 e. The van der Waals surface area contributed by atoms with Crippen molar-refractivity contribution in [1.82, 2.24) is 0 Å². The molecule has 0 unspecified atom stereocenters. The van der Waals surface area contributed by atoms with Crippen molar-refractivity contribution in [2.24, 2.45) is 0 Å². The van der Waals surface area contributed by atoms with Crippen molar-refractivity contribution < 1.29 is 45.0 Å². The Morgan fingerprint density at radius 1 is 0.800 bits per heavy atom. The molecule has 0 aromatic heterocycles. The lowest BCUT2D eigenvalue weighted by molar-refractivity contribution is -0.143. The fourth-order valence-electron chi connectivity index (χ4n) is 0.485. The van der Waals surface area contributed by atoms with Crippen LogP contribution in [-0.4, -0.2) is 67.9 Å². The first-order valence-corrected chi connectivity index (χ1v) is 5.76. The molecule has 0 atom stereocenters. The van der Waals surface area contributed by atoms with E-state index in [1.807, 2.05) is 6.92 Å². The molecule has 0 saturated heterocycles. The van der Waals surface area contributed by atoms with Gasteiger partial charge in [0, 0.05) is 6.42 Å². The molecule has 0 bridgehead atoms. The number of hydrogen-bond acceptors (Lipinski definition) is 6. The summed E-state index contributed by atoms with van der Waals surface area (Å²) in [5, 5.41) is 47.7. The second-order valence-electron chi connectivity index (χ2n) is 3.45. The summed E-state index contributed by atoms with van der Waals surface area (Å²) >= 11 is 0. The van der Waals surface area contributed by atoms with Gasteiger partial charge in [-0.3, -0.25) is 14.4 Å². The van der Waals surface area contributed by atoms with Gasteiger partial charge >= 0.3 is 17.9 Å². The van der Waals surface area contributed by atoms with Crippen molar-refractivity contribution >= 4 is 17.9 Å². The Morgan fingerprint density at radius 3 is 1.15 bits per heavy atom. The van der Waals surface area contributed by atoms with Gasteiger partial charge in [0.2, 0.25) is 0 Å². The molecule has 0 aliphatic rings. The van der Waals surface area contributed by atoms with Crippen LogP contribution in [0.1, 0.15) is 32.6 Å². The van der Waals surface area contributed by atoms with Gasteiger partial charge in [0.25, 0.3) is 0 Å². The lowest BCUT2D eigenvalue weighted by Crippen LogP contribution is -2.15. The number of aliphatic carboxylic acids is 3. The topological polar surface area (TPSA) is 173 Å². The van der Waals surface area contributed by atoms with Gasteiger partial charge in [-0.15, -0.1) is 0 Å². The molecule has 0 radical (unpaired) electrons. The van der Waals surface area contributed by atoms with E-state index in [1.165, 1.54) is 0 Å². The van der Waals surface area contributed by atoms with Crippen LogP contribution >= 0.6 is 0 Å². The number of carboxylic acids is 3. The van der Waals surface area contributed by atoms with E-state index in [0.717, 1.165) is 6.42 Å². The van der Waals surface area contributed by atoms with Gasteiger partial charge in [-0.1, -0.05) is 6.92 Å². The van der Waals surface area contributed by atoms with Gasteiger partial charge < -0.3 is 30.6 Å². The van der Waals surface area contributed by atoms with Crippen LogP contribution < -0.4 is 0 Å². The maximum absolute atomic E-state index is 9.64. The number of hydrogen-bond donors (Lipinski definition) is 6. The zero-order valence-electron chi connectivity index (χ0n) is 11.2. The average Bonchev–Trinajstić information content (AvgIpc) is 2.36. The molecular formula is C11H22O9. The highest BCUT2D eigenvalue weighted by Gasteiger charge is 2.00. The average molecular weight is 298 g/mol. The van der Waals surface area contributed by atoms with Crippen LogP contribution in [0.2, 0.25) is 0 Å². The molecule has 0 fully saturated rings. The minimum absolute atomic E-state index is 0.292. The van der Waals surface area contributed by atoms with Crippen molar-refractivity contribution in [3.05, 3.63) is 0 Å². The monoisotopic (exact) mass is 298 g/mol. The van der Waals surface area contributed by atoms with E-state index in [2.05, 4.69) is 0 Å². The SMILES string of the molecule is CCCC(=O)O.O=C(O)CCC(=O)O.OCC(O)CO. The van der Waals surface area contributed by atoms with Crippen LogP contribution in [0.5, 0.6) is 0 Å². The molecule has 0 saturated carbocycles. The number of aliphatic hydroxyl groups is 3. The Kier molecular flexibility index (Phi) is 20.2. The van der Waals surface area contributed by atoms with E-state index < -0.39 is 24.0 Å². The molecule has 120 valence electrons. The third kappa shape index (κ3) is 36.0. The second-order valence-corrected chi connectivity index (χ2v) is 3.45. The zero-order chi connectivity index (χ0) is 16.6. The lowest BCUT2D eigenvalue weighted by atomic mass is 10.3. The molecule has 0 aliphatic heterocycles. The predicted octanol–water partition coefficient (Wildman–Crippen LogP) is -0.861. The maximum atomic E-state index is 9.64. The summed E-state index contributed by atoms with van der Waals surface area (Å²) in [7, 11) is 0. The first kappa shape index (κ1) is 23.4. The van der Waals surface area contributed by atoms with E-state index >= 15 is 0 Å². The molecular weight excluding hydrogens is 276 g/mol. The first-order valence-electron chi connectivity index (χ1n) is 5.76. The van der Waals surface area contributed by atoms with Gasteiger partial charge in [0.15, 0.2) is 0 Å². The fraction of sp³-hybridized carbons (Fsp3) is 0.727. The molecule has 0 spiro atoms. The summed E-state index contributed by atoms with van der Waals surface area (Å²) in [6.45, 7) is 1.11. The normalized spacial score (nSPS) is 8.85. The molecule has 0 aromatic carbocycles. The Hall–Kier alpha value is -1.71. The Labute approximate surface area is 116 Å². The Balaban J connectivity index is -0.000000221. The van der Waals surface area contributed by atoms with Crippen LogP contribution in [0.25, 0.3) is 0 Å². The molecule has 20 heavy (non-hydrogen) atoms. The smallest absolute Gasteiger partial charge is 0.303 e. The molecule has 0 aromatic rings. The highest BCUT2D eigenvalue weighted by atomic mass is 16.4. The molecule has 0 heterocycles. The van der Waals surface area contributed by atoms with E-state index in [9.17, 15) is 14.4 Å². The van der Waals surface area contributed by atoms with Gasteiger partial charge in [0.05, 0.1) is 26.1 Å². The third-order valence-electron chi connectivity index (χ3n) is 1.44. The summed E-state index contributed by atoms with van der Waals surface area (Å²) in [5.74, 6) is -2.86. The molecule has 0 amide bonds. The first-order chi connectivity index (χ1) is 9.20. The number of carbonyl (C=O) groups is 3. The molecule has 6 N–H and O–H groups in total. The molecule has 9 nitrogen and oxygen atoms in total. The van der Waals surface area contributed by atoms with Crippen molar-refractivity contribution in [3.8, 4) is 0 Å². The number of carboxylic acid groups (broad SMARTS) is 3. The Morgan fingerprint density at radius 2 is 1.10 bits per heavy atom. The summed E-state index contributed by atoms with van der Waals surface area (Å²) in [6.07, 6.45) is -0.523. The third-order valence-corrected chi connectivity index (χ3v) is 1.44. The minimum atomic E-state index is -1.08. The summed E-state index contributed by atoms with van der Waals surface area (Å²) in [5.41, 5.74) is 0. The van der Waals surface area contributed by atoms with E-state index in [4.69, 9.17) is 30.6 Å². The maximum Gasteiger partial charge on any atom is 0.303 e. The van der Waals surface area contributed by atoms with Crippen LogP contribution in [0.4, 0.5) is 0 Å². The van der Waals surface area contributed by atoms with Crippen molar-refractivity contribution in [1.29, 1.82) is 0 Å². The standard InChI is InChI=1S/C4H6O4.C4H8O2.C3H8O3/c5-3(6)1-2-4(7)8;1-2-3-4(5)6;4-1-3(6)2-5/h1-2H2,(H,5,6)(H,7,8);2-3H2,1H3,(H,5,6);3-6H,1-2H2. The second kappa shape index (κ2) is 17.3. The number of rotatable bonds is 7. The van der Waals surface area contributed by atoms with Crippen LogP contribution in [0.15, 0.2) is 0 Å². The highest BCUT2D eigenvalue weighted by Crippen LogP contribution is 1.86. The van der Waals surface area contributed by atoms with Crippen molar-refractivity contribution in [3.63, 3.8) is 0 Å². The van der Waals surface area contributed by atoms with E-state index in [0.29, 0.717) is 6.42 Å². The fourth-order valence-corrected chi connectivity index (χ4v) is 0.485. The quantitative estimate of drug-likeness (QED) is 0.349. The Bertz CT molecular complexity index is 247. The number of aliphatic hydroxyl groups excluding tert-OH is 3. The van der Waals surface area contributed by atoms with Crippen molar-refractivity contribution in [2.75, 3.05) is 13.2 Å². The molecule has 0 aliphatic carbocycles. The van der Waals surface area contributed by atoms with Gasteiger partial charge in [0.1, 0.15) is 6.10 Å². The largest absolute Gasteiger partial charge is 0.481 e. The van der Waals surface area contributed by atoms with E-state index in [1.54, 1.807) is 0 Å². The lowest BCUT2D eigenvalue weighted by Gasteiger charge is -1.96. The summed E-state index contributed by atoms with van der Waals surface area (Å²) in [6, 6.07) is 0.